The number of nitrogens with two attached hydrogens (primary N) is 1. The lowest BCUT2D eigenvalue weighted by Gasteiger charge is -2.30. The molecule has 0 aliphatic carbocycles. The molecule has 0 radical (unpaired) electrons. The fourth-order valence-corrected chi connectivity index (χ4v) is 3.61. The van der Waals surface area contributed by atoms with E-state index >= 15 is 0 Å². The van der Waals surface area contributed by atoms with Crippen LogP contribution in [0.1, 0.15) is 23.2 Å². The normalized spacial score (nSPS) is 15.0. The van der Waals surface area contributed by atoms with Gasteiger partial charge in [-0.15, -0.1) is 0 Å². The minimum Gasteiger partial charge on any atom is -0.491 e. The molecule has 1 fully saturated rings. The van der Waals surface area contributed by atoms with Gasteiger partial charge in [-0.05, 0) is 18.9 Å². The molecule has 1 aliphatic rings. The summed E-state index contributed by atoms with van der Waals surface area (Å²) in [5, 5.41) is -0.382. The number of nitrogens with zero attached hydrogens (tertiary/aromatic N) is 2. The lowest BCUT2D eigenvalue weighted by Crippen LogP contribution is -2.43. The molecule has 1 aromatic heterocycles. The van der Waals surface area contributed by atoms with E-state index in [1.165, 1.54) is 4.90 Å². The van der Waals surface area contributed by atoms with Crippen molar-refractivity contribution < 1.29 is 27.5 Å². The number of aryl methyl sites for hydroxylation is 1. The number of rotatable bonds is 5. The smallest absolute Gasteiger partial charge is 0.259 e. The molecule has 10 heteroatoms. The van der Waals surface area contributed by atoms with Crippen LogP contribution >= 0.6 is 0 Å². The number of halogens is 3. The zero-order valence-electron chi connectivity index (χ0n) is 15.7. The van der Waals surface area contributed by atoms with Crippen molar-refractivity contribution in [1.82, 2.24) is 9.47 Å². The minimum absolute atomic E-state index is 0.207. The molecule has 1 aromatic carbocycles. The molecule has 2 heterocycles. The maximum absolute atomic E-state index is 14.7. The van der Waals surface area contributed by atoms with Crippen molar-refractivity contribution in [3.63, 3.8) is 0 Å². The topological polar surface area (TPSA) is 94.6 Å². The SMILES string of the molecule is COc1c(F)cc2c(=O)c(C(=O)N3CCC(C(N)=O)CC3)cn(CCF)c2c1F. The summed E-state index contributed by atoms with van der Waals surface area (Å²) in [6, 6.07) is 0.782. The zero-order chi connectivity index (χ0) is 21.3. The highest BCUT2D eigenvalue weighted by Gasteiger charge is 2.29. The van der Waals surface area contributed by atoms with Gasteiger partial charge in [0.1, 0.15) is 12.2 Å². The molecule has 0 unspecified atom stereocenters. The van der Waals surface area contributed by atoms with Gasteiger partial charge in [-0.2, -0.15) is 0 Å². The van der Waals surface area contributed by atoms with E-state index in [4.69, 9.17) is 5.73 Å². The van der Waals surface area contributed by atoms with Crippen LogP contribution in [0.4, 0.5) is 13.2 Å². The maximum atomic E-state index is 14.7. The number of methoxy groups -OCH3 is 1. The van der Waals surface area contributed by atoms with Crippen LogP contribution in [0.5, 0.6) is 5.75 Å². The van der Waals surface area contributed by atoms with Crippen LogP contribution in [0.2, 0.25) is 0 Å². The molecular formula is C19H20F3N3O4. The summed E-state index contributed by atoms with van der Waals surface area (Å²) in [6.07, 6.45) is 1.79. The molecule has 0 bridgehead atoms. The number of carbonyl (C=O) groups is 2. The number of carbonyl (C=O) groups excluding carboxylic acids is 2. The number of benzene rings is 1. The van der Waals surface area contributed by atoms with Gasteiger partial charge in [0, 0.05) is 25.2 Å². The average molecular weight is 411 g/mol. The number of hydrogen-bond donors (Lipinski definition) is 1. The molecule has 0 atom stereocenters. The first-order chi connectivity index (χ1) is 13.8. The number of piperidine rings is 1. The molecule has 3 rings (SSSR count). The van der Waals surface area contributed by atoms with Gasteiger partial charge in [-0.3, -0.25) is 14.4 Å². The number of fused-ring (bicyclic) bond motifs is 1. The highest BCUT2D eigenvalue weighted by Crippen LogP contribution is 2.29. The number of alkyl halides is 1. The number of ether oxygens (including phenoxy) is 1. The highest BCUT2D eigenvalue weighted by atomic mass is 19.1. The quantitative estimate of drug-likeness (QED) is 0.809. The third kappa shape index (κ3) is 3.66. The number of aromatic nitrogens is 1. The number of amides is 2. The summed E-state index contributed by atoms with van der Waals surface area (Å²) in [6.45, 7) is -0.821. The van der Waals surface area contributed by atoms with Crippen molar-refractivity contribution in [3.8, 4) is 5.75 Å². The van der Waals surface area contributed by atoms with Gasteiger partial charge in [0.15, 0.2) is 17.4 Å². The molecule has 0 spiro atoms. The molecule has 0 saturated carbocycles. The summed E-state index contributed by atoms with van der Waals surface area (Å²) in [5.74, 6) is -4.40. The molecule has 7 nitrogen and oxygen atoms in total. The second kappa shape index (κ2) is 8.14. The van der Waals surface area contributed by atoms with Crippen LogP contribution in [0, 0.1) is 17.6 Å². The number of pyridine rings is 1. The van der Waals surface area contributed by atoms with E-state index in [0.717, 1.165) is 23.9 Å². The van der Waals surface area contributed by atoms with Crippen molar-refractivity contribution in [1.29, 1.82) is 0 Å². The van der Waals surface area contributed by atoms with Gasteiger partial charge in [0.2, 0.25) is 11.3 Å². The van der Waals surface area contributed by atoms with E-state index in [1.807, 2.05) is 0 Å². The highest BCUT2D eigenvalue weighted by molar-refractivity contribution is 5.97. The van der Waals surface area contributed by atoms with Crippen molar-refractivity contribution in [2.45, 2.75) is 19.4 Å². The Kier molecular flexibility index (Phi) is 5.81. The zero-order valence-corrected chi connectivity index (χ0v) is 15.7. The Morgan fingerprint density at radius 3 is 2.48 bits per heavy atom. The lowest BCUT2D eigenvalue weighted by molar-refractivity contribution is -0.123. The minimum atomic E-state index is -1.14. The standard InChI is InChI=1S/C19H20F3N3O4/c1-29-17-13(21)8-11-15(14(17)22)25(7-4-20)9-12(16(11)26)19(28)24-5-2-10(3-6-24)18(23)27/h8-10H,2-7H2,1H3,(H2,23,27). The Morgan fingerprint density at radius 2 is 1.93 bits per heavy atom. The lowest BCUT2D eigenvalue weighted by atomic mass is 9.96. The second-order valence-corrected chi connectivity index (χ2v) is 6.82. The summed E-state index contributed by atoms with van der Waals surface area (Å²) >= 11 is 0. The summed E-state index contributed by atoms with van der Waals surface area (Å²) < 4.78 is 47.7. The first-order valence-corrected chi connectivity index (χ1v) is 9.03. The first-order valence-electron chi connectivity index (χ1n) is 9.03. The Balaban J connectivity index is 2.10. The van der Waals surface area contributed by atoms with Crippen LogP contribution in [0.15, 0.2) is 17.1 Å². The van der Waals surface area contributed by atoms with Gasteiger partial charge in [0.25, 0.3) is 5.91 Å². The van der Waals surface area contributed by atoms with Gasteiger partial charge >= 0.3 is 0 Å². The fraction of sp³-hybridized carbons (Fsp3) is 0.421. The van der Waals surface area contributed by atoms with Crippen LogP contribution < -0.4 is 15.9 Å². The van der Waals surface area contributed by atoms with Gasteiger partial charge in [-0.25, -0.2) is 13.2 Å². The Bertz CT molecular complexity index is 1030. The Labute approximate surface area is 163 Å². The maximum Gasteiger partial charge on any atom is 0.259 e. The summed E-state index contributed by atoms with van der Waals surface area (Å²) in [5.41, 5.74) is 3.75. The predicted octanol–water partition coefficient (Wildman–Crippen LogP) is 1.60. The predicted molar refractivity (Wildman–Crippen MR) is 98.5 cm³/mol. The van der Waals surface area contributed by atoms with Gasteiger partial charge in [0.05, 0.1) is 24.6 Å². The van der Waals surface area contributed by atoms with Gasteiger partial charge < -0.3 is 19.9 Å². The molecule has 29 heavy (non-hydrogen) atoms. The Morgan fingerprint density at radius 1 is 1.28 bits per heavy atom. The van der Waals surface area contributed by atoms with E-state index in [2.05, 4.69) is 4.74 Å². The van der Waals surface area contributed by atoms with E-state index in [-0.39, 0.29) is 42.0 Å². The van der Waals surface area contributed by atoms with Crippen molar-refractivity contribution in [3.05, 3.63) is 39.7 Å². The number of primary amides is 1. The van der Waals surface area contributed by atoms with Crippen LogP contribution in [-0.4, -0.2) is 48.2 Å². The monoisotopic (exact) mass is 411 g/mol. The first kappa shape index (κ1) is 20.7. The molecule has 156 valence electrons. The second-order valence-electron chi connectivity index (χ2n) is 6.82. The van der Waals surface area contributed by atoms with E-state index in [0.29, 0.717) is 12.8 Å². The average Bonchev–Trinajstić information content (AvgIpc) is 2.70. The van der Waals surface area contributed by atoms with Gasteiger partial charge in [-0.1, -0.05) is 0 Å². The Hall–Kier alpha value is -3.04. The van der Waals surface area contributed by atoms with Crippen molar-refractivity contribution in [2.75, 3.05) is 26.9 Å². The number of likely N-dealkylation sites (tertiary alicyclic amines) is 1. The molecular weight excluding hydrogens is 391 g/mol. The summed E-state index contributed by atoms with van der Waals surface area (Å²) in [4.78, 5) is 38.4. The third-order valence-electron chi connectivity index (χ3n) is 5.16. The molecule has 1 aliphatic heterocycles. The molecule has 2 amide bonds. The van der Waals surface area contributed by atoms with Crippen LogP contribution in [0.25, 0.3) is 10.9 Å². The van der Waals surface area contributed by atoms with Crippen LogP contribution in [0.3, 0.4) is 0 Å². The van der Waals surface area contributed by atoms with E-state index in [9.17, 15) is 27.6 Å². The van der Waals surface area contributed by atoms with Crippen molar-refractivity contribution >= 4 is 22.7 Å². The third-order valence-corrected chi connectivity index (χ3v) is 5.16. The molecule has 1 saturated heterocycles. The van der Waals surface area contributed by atoms with E-state index < -0.39 is 41.3 Å². The molecule has 2 aromatic rings. The summed E-state index contributed by atoms with van der Waals surface area (Å²) in [7, 11) is 1.07. The largest absolute Gasteiger partial charge is 0.491 e. The van der Waals surface area contributed by atoms with E-state index in [1.54, 1.807) is 0 Å². The van der Waals surface area contributed by atoms with Crippen LogP contribution in [-0.2, 0) is 11.3 Å². The van der Waals surface area contributed by atoms with Crippen molar-refractivity contribution in [2.24, 2.45) is 11.7 Å². The molecule has 2 N–H and O–H groups in total. The fourth-order valence-electron chi connectivity index (χ4n) is 3.61. The number of hydrogen-bond acceptors (Lipinski definition) is 4.